The quantitative estimate of drug-likeness (QED) is 0.745. The van der Waals surface area contributed by atoms with E-state index in [4.69, 9.17) is 0 Å². The molecule has 4 rings (SSSR count). The SMILES string of the molecule is O=C(NCCc1ccccc1)c1ccc2c(c1)NC(=O)c1cccn1S2. The summed E-state index contributed by atoms with van der Waals surface area (Å²) in [5.74, 6) is -0.324. The van der Waals surface area contributed by atoms with Crippen molar-refractivity contribution in [3.63, 3.8) is 0 Å². The Morgan fingerprint density at radius 1 is 1.08 bits per heavy atom. The third-order valence-corrected chi connectivity index (χ3v) is 5.24. The number of carbonyl (C=O) groups is 2. The summed E-state index contributed by atoms with van der Waals surface area (Å²) < 4.78 is 1.82. The second-order valence-corrected chi connectivity index (χ2v) is 6.98. The number of nitrogens with zero attached hydrogens (tertiary/aromatic N) is 1. The molecule has 0 spiro atoms. The Labute approximate surface area is 155 Å². The summed E-state index contributed by atoms with van der Waals surface area (Å²) in [5, 5.41) is 5.81. The van der Waals surface area contributed by atoms with Crippen molar-refractivity contribution in [2.75, 3.05) is 11.9 Å². The maximum absolute atomic E-state index is 12.4. The van der Waals surface area contributed by atoms with Crippen LogP contribution in [0.15, 0.2) is 71.8 Å². The van der Waals surface area contributed by atoms with Crippen LogP contribution in [0.25, 0.3) is 0 Å². The molecule has 5 nitrogen and oxygen atoms in total. The molecular formula is C20H17N3O2S. The van der Waals surface area contributed by atoms with Crippen LogP contribution in [0.3, 0.4) is 0 Å². The van der Waals surface area contributed by atoms with Crippen LogP contribution in [-0.2, 0) is 6.42 Å². The zero-order valence-corrected chi connectivity index (χ0v) is 14.8. The first kappa shape index (κ1) is 16.5. The van der Waals surface area contributed by atoms with Crippen molar-refractivity contribution in [3.05, 3.63) is 83.7 Å². The molecule has 130 valence electrons. The number of benzene rings is 2. The number of anilines is 1. The van der Waals surface area contributed by atoms with Gasteiger partial charge in [-0.1, -0.05) is 30.3 Å². The fraction of sp³-hybridized carbons (Fsp3) is 0.100. The fourth-order valence-electron chi connectivity index (χ4n) is 2.83. The van der Waals surface area contributed by atoms with Gasteiger partial charge in [-0.2, -0.15) is 0 Å². The third-order valence-electron chi connectivity index (χ3n) is 4.17. The zero-order chi connectivity index (χ0) is 17.9. The smallest absolute Gasteiger partial charge is 0.273 e. The van der Waals surface area contributed by atoms with Crippen molar-refractivity contribution < 1.29 is 9.59 Å². The van der Waals surface area contributed by atoms with Gasteiger partial charge < -0.3 is 10.6 Å². The van der Waals surface area contributed by atoms with Crippen LogP contribution in [0, 0.1) is 0 Å². The Bertz CT molecular complexity index is 966. The summed E-state index contributed by atoms with van der Waals surface area (Å²) in [6.45, 7) is 0.562. The summed E-state index contributed by atoms with van der Waals surface area (Å²) in [5.41, 5.74) is 2.95. The topological polar surface area (TPSA) is 63.1 Å². The second-order valence-electron chi connectivity index (χ2n) is 5.97. The second kappa shape index (κ2) is 7.09. The van der Waals surface area contributed by atoms with Crippen LogP contribution in [0.2, 0.25) is 0 Å². The highest BCUT2D eigenvalue weighted by Crippen LogP contribution is 2.33. The molecule has 0 unspecified atom stereocenters. The van der Waals surface area contributed by atoms with Crippen LogP contribution < -0.4 is 10.6 Å². The maximum Gasteiger partial charge on any atom is 0.273 e. The van der Waals surface area contributed by atoms with Gasteiger partial charge in [-0.15, -0.1) is 0 Å². The van der Waals surface area contributed by atoms with Crippen molar-refractivity contribution in [1.29, 1.82) is 0 Å². The normalized spacial score (nSPS) is 12.5. The Kier molecular flexibility index (Phi) is 4.50. The Morgan fingerprint density at radius 3 is 2.77 bits per heavy atom. The number of carbonyl (C=O) groups excluding carboxylic acids is 2. The summed E-state index contributed by atoms with van der Waals surface area (Å²) in [6, 6.07) is 19.0. The van der Waals surface area contributed by atoms with E-state index in [2.05, 4.69) is 10.6 Å². The molecule has 1 aromatic heterocycles. The molecular weight excluding hydrogens is 346 g/mol. The van der Waals surface area contributed by atoms with E-state index < -0.39 is 0 Å². The van der Waals surface area contributed by atoms with E-state index in [1.54, 1.807) is 18.2 Å². The van der Waals surface area contributed by atoms with Crippen LogP contribution >= 0.6 is 11.9 Å². The minimum atomic E-state index is -0.178. The van der Waals surface area contributed by atoms with Crippen molar-refractivity contribution in [1.82, 2.24) is 9.29 Å². The monoisotopic (exact) mass is 363 g/mol. The summed E-state index contributed by atoms with van der Waals surface area (Å²) in [7, 11) is 0. The van der Waals surface area contributed by atoms with E-state index in [0.29, 0.717) is 23.5 Å². The number of rotatable bonds is 4. The van der Waals surface area contributed by atoms with E-state index in [9.17, 15) is 9.59 Å². The molecule has 1 aliphatic heterocycles. The average Bonchev–Trinajstić information content (AvgIpc) is 3.07. The third kappa shape index (κ3) is 3.36. The lowest BCUT2D eigenvalue weighted by Gasteiger charge is -2.10. The molecule has 0 radical (unpaired) electrons. The number of aromatic nitrogens is 1. The van der Waals surface area contributed by atoms with Gasteiger partial charge in [-0.25, -0.2) is 0 Å². The number of amides is 2. The van der Waals surface area contributed by atoms with Gasteiger partial charge >= 0.3 is 0 Å². The maximum atomic E-state index is 12.4. The van der Waals surface area contributed by atoms with Crippen molar-refractivity contribution >= 4 is 29.4 Å². The van der Waals surface area contributed by atoms with Crippen LogP contribution in [-0.4, -0.2) is 22.3 Å². The highest BCUT2D eigenvalue weighted by atomic mass is 32.2. The van der Waals surface area contributed by atoms with Gasteiger partial charge in [0.05, 0.1) is 10.6 Å². The largest absolute Gasteiger partial charge is 0.352 e. The Morgan fingerprint density at radius 2 is 1.92 bits per heavy atom. The van der Waals surface area contributed by atoms with Crippen molar-refractivity contribution in [2.45, 2.75) is 11.3 Å². The molecule has 0 aliphatic carbocycles. The number of fused-ring (bicyclic) bond motifs is 2. The van der Waals surface area contributed by atoms with E-state index in [0.717, 1.165) is 11.3 Å². The molecule has 0 saturated heterocycles. The Hall–Kier alpha value is -2.99. The predicted molar refractivity (Wildman–Crippen MR) is 103 cm³/mol. The van der Waals surface area contributed by atoms with Gasteiger partial charge in [0.25, 0.3) is 11.8 Å². The van der Waals surface area contributed by atoms with E-state index in [-0.39, 0.29) is 11.8 Å². The molecule has 0 bridgehead atoms. The van der Waals surface area contributed by atoms with Crippen LogP contribution in [0.1, 0.15) is 26.4 Å². The van der Waals surface area contributed by atoms with Gasteiger partial charge in [0, 0.05) is 18.3 Å². The molecule has 0 fully saturated rings. The fourth-order valence-corrected chi connectivity index (χ4v) is 3.75. The molecule has 2 aromatic carbocycles. The zero-order valence-electron chi connectivity index (χ0n) is 13.9. The molecule has 0 saturated carbocycles. The minimum absolute atomic E-state index is 0.146. The summed E-state index contributed by atoms with van der Waals surface area (Å²) in [6.07, 6.45) is 2.62. The van der Waals surface area contributed by atoms with E-state index in [1.165, 1.54) is 17.5 Å². The van der Waals surface area contributed by atoms with Gasteiger partial charge in [-0.3, -0.25) is 13.6 Å². The lowest BCUT2D eigenvalue weighted by Crippen LogP contribution is -2.25. The summed E-state index contributed by atoms with van der Waals surface area (Å²) >= 11 is 1.45. The first-order valence-electron chi connectivity index (χ1n) is 8.34. The van der Waals surface area contributed by atoms with Crippen molar-refractivity contribution in [3.8, 4) is 0 Å². The highest BCUT2D eigenvalue weighted by molar-refractivity contribution is 7.98. The molecule has 2 heterocycles. The van der Waals surface area contributed by atoms with E-state index in [1.807, 2.05) is 52.6 Å². The standard InChI is InChI=1S/C20H17N3O2S/c24-19(21-11-10-14-5-2-1-3-6-14)15-8-9-18-16(13-15)22-20(25)17-7-4-12-23(17)26-18/h1-9,12-13H,10-11H2,(H,21,24)(H,22,25). The predicted octanol–water partition coefficient (Wildman–Crippen LogP) is 3.58. The first-order valence-corrected chi connectivity index (χ1v) is 9.11. The van der Waals surface area contributed by atoms with Gasteiger partial charge in [0.1, 0.15) is 5.69 Å². The highest BCUT2D eigenvalue weighted by Gasteiger charge is 2.20. The lowest BCUT2D eigenvalue weighted by atomic mass is 10.1. The lowest BCUT2D eigenvalue weighted by molar-refractivity contribution is 0.0952. The number of hydrogen-bond donors (Lipinski definition) is 2. The molecule has 6 heteroatoms. The molecule has 3 aromatic rings. The average molecular weight is 363 g/mol. The van der Waals surface area contributed by atoms with Gasteiger partial charge in [0.15, 0.2) is 0 Å². The van der Waals surface area contributed by atoms with Gasteiger partial charge in [-0.05, 0) is 54.3 Å². The first-order chi connectivity index (χ1) is 12.7. The van der Waals surface area contributed by atoms with Crippen molar-refractivity contribution in [2.24, 2.45) is 0 Å². The van der Waals surface area contributed by atoms with Gasteiger partial charge in [0.2, 0.25) is 0 Å². The molecule has 0 atom stereocenters. The van der Waals surface area contributed by atoms with Crippen LogP contribution in [0.5, 0.6) is 0 Å². The molecule has 2 N–H and O–H groups in total. The molecule has 2 amide bonds. The minimum Gasteiger partial charge on any atom is -0.352 e. The number of nitrogens with one attached hydrogen (secondary N) is 2. The molecule has 26 heavy (non-hydrogen) atoms. The van der Waals surface area contributed by atoms with Crippen LogP contribution in [0.4, 0.5) is 5.69 Å². The Balaban J connectivity index is 1.46. The van der Waals surface area contributed by atoms with E-state index >= 15 is 0 Å². The summed E-state index contributed by atoms with van der Waals surface area (Å²) in [4.78, 5) is 25.6. The number of hydrogen-bond acceptors (Lipinski definition) is 3. The molecule has 1 aliphatic rings.